The Kier molecular flexibility index (Phi) is 11.8. The van der Waals surface area contributed by atoms with E-state index in [1.807, 2.05) is 0 Å². The number of hydrogen-bond donors (Lipinski definition) is 3. The van der Waals surface area contributed by atoms with Crippen molar-refractivity contribution in [1.29, 1.82) is 0 Å². The standard InChI is InChI=1S/C27H51N3O2/c1-32-26(31)27(23-17-11-5-2-8-14-20-28-23,24-18-12-6-3-9-15-21-29-24)25-19-13-7-4-10-16-22-30-25/h23-25,28-30H,2-22H2,1H3. The van der Waals surface area contributed by atoms with Crippen LogP contribution in [0.3, 0.4) is 0 Å². The topological polar surface area (TPSA) is 62.4 Å². The molecule has 3 saturated heterocycles. The van der Waals surface area contributed by atoms with Crippen molar-refractivity contribution in [1.82, 2.24) is 16.0 Å². The van der Waals surface area contributed by atoms with E-state index < -0.39 is 5.41 Å². The van der Waals surface area contributed by atoms with Crippen LogP contribution in [0.25, 0.3) is 0 Å². The van der Waals surface area contributed by atoms with Crippen molar-refractivity contribution in [3.63, 3.8) is 0 Å². The SMILES string of the molecule is COC(=O)C(C1CCCCCCCN1)(C1CCCCCCCN1)C1CCCCCCCN1. The van der Waals surface area contributed by atoms with Gasteiger partial charge < -0.3 is 20.7 Å². The van der Waals surface area contributed by atoms with E-state index in [1.165, 1.54) is 96.3 Å². The normalized spacial score (nSPS) is 32.1. The molecule has 0 aromatic carbocycles. The molecule has 3 N–H and O–H groups in total. The summed E-state index contributed by atoms with van der Waals surface area (Å²) in [4.78, 5) is 14.0. The smallest absolute Gasteiger partial charge is 0.316 e. The zero-order chi connectivity index (χ0) is 22.5. The van der Waals surface area contributed by atoms with E-state index in [1.54, 1.807) is 7.11 Å². The predicted molar refractivity (Wildman–Crippen MR) is 133 cm³/mol. The van der Waals surface area contributed by atoms with Crippen LogP contribution in [0.1, 0.15) is 116 Å². The van der Waals surface area contributed by atoms with Gasteiger partial charge in [0, 0.05) is 18.1 Å². The zero-order valence-electron chi connectivity index (χ0n) is 20.9. The first-order valence-electron chi connectivity index (χ1n) is 14.1. The Bertz CT molecular complexity index is 437. The molecule has 0 aromatic heterocycles. The largest absolute Gasteiger partial charge is 0.468 e. The highest BCUT2D eigenvalue weighted by molar-refractivity contribution is 5.80. The summed E-state index contributed by atoms with van der Waals surface area (Å²) in [6.07, 6.45) is 22.2. The molecule has 0 bridgehead atoms. The second-order valence-corrected chi connectivity index (χ2v) is 10.6. The highest BCUT2D eigenvalue weighted by Gasteiger charge is 2.56. The first-order chi connectivity index (χ1) is 15.8. The van der Waals surface area contributed by atoms with Crippen LogP contribution in [0.4, 0.5) is 0 Å². The summed E-state index contributed by atoms with van der Waals surface area (Å²) in [5, 5.41) is 11.8. The van der Waals surface area contributed by atoms with Crippen molar-refractivity contribution in [3.05, 3.63) is 0 Å². The summed E-state index contributed by atoms with van der Waals surface area (Å²) in [6, 6.07) is 0.513. The monoisotopic (exact) mass is 449 g/mol. The van der Waals surface area contributed by atoms with Crippen LogP contribution < -0.4 is 16.0 Å². The lowest BCUT2D eigenvalue weighted by Gasteiger charge is -2.50. The molecule has 0 saturated carbocycles. The van der Waals surface area contributed by atoms with Crippen LogP contribution in [0.5, 0.6) is 0 Å². The number of nitrogens with one attached hydrogen (secondary N) is 3. The molecule has 3 aliphatic rings. The third-order valence-electron chi connectivity index (χ3n) is 8.45. The number of carbonyl (C=O) groups excluding carboxylic acids is 1. The molecular formula is C27H51N3O2. The Balaban J connectivity index is 2.01. The molecule has 3 atom stereocenters. The molecule has 32 heavy (non-hydrogen) atoms. The summed E-state index contributed by atoms with van der Waals surface area (Å²) in [7, 11) is 1.62. The molecule has 5 nitrogen and oxygen atoms in total. The molecule has 0 radical (unpaired) electrons. The minimum atomic E-state index is -0.548. The molecule has 3 rings (SSSR count). The Morgan fingerprint density at radius 3 is 1.22 bits per heavy atom. The van der Waals surface area contributed by atoms with Crippen molar-refractivity contribution in [2.45, 2.75) is 134 Å². The van der Waals surface area contributed by atoms with Gasteiger partial charge in [-0.1, -0.05) is 77.0 Å². The quantitative estimate of drug-likeness (QED) is 0.522. The lowest BCUT2D eigenvalue weighted by molar-refractivity contribution is -0.161. The lowest BCUT2D eigenvalue weighted by atomic mass is 9.64. The van der Waals surface area contributed by atoms with Crippen LogP contribution in [0, 0.1) is 5.41 Å². The molecule has 3 heterocycles. The van der Waals surface area contributed by atoms with E-state index >= 15 is 0 Å². The highest BCUT2D eigenvalue weighted by Crippen LogP contribution is 2.41. The molecular weight excluding hydrogens is 398 g/mol. The van der Waals surface area contributed by atoms with E-state index in [2.05, 4.69) is 16.0 Å². The van der Waals surface area contributed by atoms with Gasteiger partial charge in [-0.25, -0.2) is 0 Å². The third-order valence-corrected chi connectivity index (χ3v) is 8.45. The van der Waals surface area contributed by atoms with Crippen molar-refractivity contribution >= 4 is 5.97 Å². The van der Waals surface area contributed by atoms with Gasteiger partial charge in [0.1, 0.15) is 5.41 Å². The fourth-order valence-electron chi connectivity index (χ4n) is 6.70. The fraction of sp³-hybridized carbons (Fsp3) is 0.963. The van der Waals surface area contributed by atoms with Crippen molar-refractivity contribution in [3.8, 4) is 0 Å². The molecule has 5 heteroatoms. The second kappa shape index (κ2) is 14.6. The number of methoxy groups -OCH3 is 1. The van der Waals surface area contributed by atoms with Gasteiger partial charge in [-0.05, 0) is 58.2 Å². The number of hydrogen-bond acceptors (Lipinski definition) is 5. The van der Waals surface area contributed by atoms with Crippen molar-refractivity contribution < 1.29 is 9.53 Å². The molecule has 0 aromatic rings. The van der Waals surface area contributed by atoms with Gasteiger partial charge in [-0.2, -0.15) is 0 Å². The number of ether oxygens (including phenoxy) is 1. The molecule has 3 fully saturated rings. The molecule has 0 spiro atoms. The van der Waals surface area contributed by atoms with Gasteiger partial charge in [0.05, 0.1) is 7.11 Å². The van der Waals surface area contributed by atoms with Crippen molar-refractivity contribution in [2.24, 2.45) is 5.41 Å². The maximum Gasteiger partial charge on any atom is 0.316 e. The summed E-state index contributed by atoms with van der Waals surface area (Å²) < 4.78 is 5.73. The van der Waals surface area contributed by atoms with Gasteiger partial charge in [0.2, 0.25) is 0 Å². The fourth-order valence-corrected chi connectivity index (χ4v) is 6.70. The first-order valence-corrected chi connectivity index (χ1v) is 14.1. The van der Waals surface area contributed by atoms with Gasteiger partial charge in [-0.3, -0.25) is 4.79 Å². The average molecular weight is 450 g/mol. The summed E-state index contributed by atoms with van der Waals surface area (Å²) in [6.45, 7) is 3.05. The number of carbonyl (C=O) groups is 1. The average Bonchev–Trinajstić information content (AvgIpc) is 3.11. The van der Waals surface area contributed by atoms with E-state index in [0.29, 0.717) is 0 Å². The van der Waals surface area contributed by atoms with Crippen LogP contribution in [-0.4, -0.2) is 50.8 Å². The van der Waals surface area contributed by atoms with Gasteiger partial charge in [0.25, 0.3) is 0 Å². The summed E-state index contributed by atoms with van der Waals surface area (Å²) in [5.74, 6) is 0.0164. The van der Waals surface area contributed by atoms with Crippen LogP contribution in [0.2, 0.25) is 0 Å². The second-order valence-electron chi connectivity index (χ2n) is 10.6. The Hall–Kier alpha value is -0.650. The third kappa shape index (κ3) is 6.93. The first kappa shape index (κ1) is 26.0. The zero-order valence-corrected chi connectivity index (χ0v) is 20.9. The maximum absolute atomic E-state index is 14.0. The van der Waals surface area contributed by atoms with Crippen LogP contribution in [0.15, 0.2) is 0 Å². The Morgan fingerprint density at radius 1 is 0.562 bits per heavy atom. The van der Waals surface area contributed by atoms with E-state index in [4.69, 9.17) is 4.74 Å². The van der Waals surface area contributed by atoms with E-state index in [9.17, 15) is 4.79 Å². The van der Waals surface area contributed by atoms with Gasteiger partial charge >= 0.3 is 5.97 Å². The summed E-state index contributed by atoms with van der Waals surface area (Å²) in [5.41, 5.74) is -0.548. The number of esters is 1. The van der Waals surface area contributed by atoms with Gasteiger partial charge in [-0.15, -0.1) is 0 Å². The molecule has 0 amide bonds. The van der Waals surface area contributed by atoms with E-state index in [-0.39, 0.29) is 24.1 Å². The highest BCUT2D eigenvalue weighted by atomic mass is 16.5. The van der Waals surface area contributed by atoms with Crippen LogP contribution in [-0.2, 0) is 9.53 Å². The Morgan fingerprint density at radius 2 is 0.875 bits per heavy atom. The Labute approximate surface area is 197 Å². The van der Waals surface area contributed by atoms with Gasteiger partial charge in [0.15, 0.2) is 0 Å². The van der Waals surface area contributed by atoms with Crippen LogP contribution >= 0.6 is 0 Å². The summed E-state index contributed by atoms with van der Waals surface area (Å²) >= 11 is 0. The van der Waals surface area contributed by atoms with E-state index in [0.717, 1.165) is 38.9 Å². The lowest BCUT2D eigenvalue weighted by Crippen LogP contribution is -2.69. The molecule has 3 unspecified atom stereocenters. The molecule has 0 aliphatic carbocycles. The number of rotatable bonds is 4. The predicted octanol–water partition coefficient (Wildman–Crippen LogP) is 5.08. The maximum atomic E-state index is 14.0. The van der Waals surface area contributed by atoms with Crippen molar-refractivity contribution in [2.75, 3.05) is 26.7 Å². The minimum Gasteiger partial charge on any atom is -0.468 e. The minimum absolute atomic E-state index is 0.0164. The molecule has 3 aliphatic heterocycles. The molecule has 186 valence electrons.